The molecule has 1 rings (SSSR count). The smallest absolute Gasteiger partial charge is 0.126 e. The third kappa shape index (κ3) is 1.95. The van der Waals surface area contributed by atoms with Gasteiger partial charge in [-0.2, -0.15) is 0 Å². The van der Waals surface area contributed by atoms with E-state index >= 15 is 0 Å². The minimum absolute atomic E-state index is 0.00752. The van der Waals surface area contributed by atoms with Crippen molar-refractivity contribution in [3.63, 3.8) is 0 Å². The minimum atomic E-state index is 0.00752. The van der Waals surface area contributed by atoms with Gasteiger partial charge in [0.05, 0.1) is 0 Å². The highest BCUT2D eigenvalue weighted by atomic mass is 16.1. The van der Waals surface area contributed by atoms with Crippen molar-refractivity contribution in [2.45, 2.75) is 47.0 Å². The van der Waals surface area contributed by atoms with Crippen LogP contribution in [-0.4, -0.2) is 6.29 Å². The Morgan fingerprint density at radius 3 is 2.31 bits per heavy atom. The molecule has 1 fully saturated rings. The maximum Gasteiger partial charge on any atom is 0.126 e. The minimum Gasteiger partial charge on any atom is -0.303 e. The van der Waals surface area contributed by atoms with E-state index in [-0.39, 0.29) is 5.41 Å². The third-order valence-corrected chi connectivity index (χ3v) is 3.97. The monoisotopic (exact) mass is 182 g/mol. The SMILES string of the molecule is CC1CCC(C=O)(C(C)C(C)C)C1. The Labute approximate surface area is 81.9 Å². The Bertz CT molecular complexity index is 186. The van der Waals surface area contributed by atoms with Crippen molar-refractivity contribution in [1.29, 1.82) is 0 Å². The van der Waals surface area contributed by atoms with E-state index in [1.807, 2.05) is 0 Å². The van der Waals surface area contributed by atoms with E-state index in [1.165, 1.54) is 12.7 Å². The number of aldehydes is 1. The van der Waals surface area contributed by atoms with Crippen LogP contribution in [0.15, 0.2) is 0 Å². The fraction of sp³-hybridized carbons (Fsp3) is 0.917. The summed E-state index contributed by atoms with van der Waals surface area (Å²) < 4.78 is 0. The molecule has 3 atom stereocenters. The zero-order valence-corrected chi connectivity index (χ0v) is 9.34. The first-order valence-electron chi connectivity index (χ1n) is 5.48. The fourth-order valence-corrected chi connectivity index (χ4v) is 2.66. The highest BCUT2D eigenvalue weighted by Crippen LogP contribution is 2.47. The lowest BCUT2D eigenvalue weighted by molar-refractivity contribution is -0.119. The number of carbonyl (C=O) groups is 1. The largest absolute Gasteiger partial charge is 0.303 e. The summed E-state index contributed by atoms with van der Waals surface area (Å²) in [5.41, 5.74) is 0.00752. The normalized spacial score (nSPS) is 36.5. The van der Waals surface area contributed by atoms with Crippen LogP contribution in [0.3, 0.4) is 0 Å². The van der Waals surface area contributed by atoms with Gasteiger partial charge in [-0.25, -0.2) is 0 Å². The molecular formula is C12H22O. The van der Waals surface area contributed by atoms with E-state index in [0.717, 1.165) is 18.8 Å². The molecule has 0 heterocycles. The van der Waals surface area contributed by atoms with Crippen LogP contribution in [0.5, 0.6) is 0 Å². The van der Waals surface area contributed by atoms with Crippen molar-refractivity contribution in [3.05, 3.63) is 0 Å². The highest BCUT2D eigenvalue weighted by molar-refractivity contribution is 5.60. The first kappa shape index (κ1) is 10.7. The molecule has 0 spiro atoms. The molecule has 0 radical (unpaired) electrons. The molecule has 76 valence electrons. The molecule has 3 unspecified atom stereocenters. The van der Waals surface area contributed by atoms with Crippen molar-refractivity contribution in [1.82, 2.24) is 0 Å². The molecule has 1 saturated carbocycles. The van der Waals surface area contributed by atoms with Crippen LogP contribution >= 0.6 is 0 Å². The Morgan fingerprint density at radius 1 is 1.38 bits per heavy atom. The average molecular weight is 182 g/mol. The van der Waals surface area contributed by atoms with Crippen molar-refractivity contribution in [2.24, 2.45) is 23.2 Å². The molecule has 1 nitrogen and oxygen atoms in total. The summed E-state index contributed by atoms with van der Waals surface area (Å²) in [5.74, 6) is 1.90. The average Bonchev–Trinajstić information content (AvgIpc) is 2.47. The number of hydrogen-bond acceptors (Lipinski definition) is 1. The van der Waals surface area contributed by atoms with Crippen LogP contribution in [0, 0.1) is 23.2 Å². The van der Waals surface area contributed by atoms with E-state index in [4.69, 9.17) is 0 Å². The molecule has 13 heavy (non-hydrogen) atoms. The van der Waals surface area contributed by atoms with E-state index in [9.17, 15) is 4.79 Å². The zero-order valence-electron chi connectivity index (χ0n) is 9.34. The first-order valence-corrected chi connectivity index (χ1v) is 5.48. The van der Waals surface area contributed by atoms with Crippen LogP contribution in [0.4, 0.5) is 0 Å². The molecular weight excluding hydrogens is 160 g/mol. The summed E-state index contributed by atoms with van der Waals surface area (Å²) in [5, 5.41) is 0. The molecule has 0 aromatic rings. The van der Waals surface area contributed by atoms with Gasteiger partial charge in [0.15, 0.2) is 0 Å². The Hall–Kier alpha value is -0.330. The molecule has 1 aliphatic rings. The Morgan fingerprint density at radius 2 is 2.00 bits per heavy atom. The Kier molecular flexibility index (Phi) is 3.15. The van der Waals surface area contributed by atoms with Crippen LogP contribution in [-0.2, 0) is 4.79 Å². The topological polar surface area (TPSA) is 17.1 Å². The predicted molar refractivity (Wildman–Crippen MR) is 55.5 cm³/mol. The second kappa shape index (κ2) is 3.81. The predicted octanol–water partition coefficient (Wildman–Crippen LogP) is 3.28. The standard InChI is InChI=1S/C12H22O/c1-9(2)11(4)12(8-13)6-5-10(3)7-12/h8-11H,5-7H2,1-4H3. The van der Waals surface area contributed by atoms with Gasteiger partial charge in [0.2, 0.25) is 0 Å². The quantitative estimate of drug-likeness (QED) is 0.612. The lowest BCUT2D eigenvalue weighted by Gasteiger charge is -2.32. The maximum absolute atomic E-state index is 11.2. The van der Waals surface area contributed by atoms with Crippen molar-refractivity contribution >= 4 is 6.29 Å². The summed E-state index contributed by atoms with van der Waals surface area (Å²) in [6.07, 6.45) is 4.68. The number of hydrogen-bond donors (Lipinski definition) is 0. The molecule has 1 aliphatic carbocycles. The third-order valence-electron chi connectivity index (χ3n) is 3.97. The van der Waals surface area contributed by atoms with Gasteiger partial charge >= 0.3 is 0 Å². The summed E-state index contributed by atoms with van der Waals surface area (Å²) >= 11 is 0. The fourth-order valence-electron chi connectivity index (χ4n) is 2.66. The second-order valence-corrected chi connectivity index (χ2v) is 5.23. The van der Waals surface area contributed by atoms with E-state index in [1.54, 1.807) is 0 Å². The summed E-state index contributed by atoms with van der Waals surface area (Å²) in [6, 6.07) is 0. The van der Waals surface area contributed by atoms with Crippen molar-refractivity contribution < 1.29 is 4.79 Å². The van der Waals surface area contributed by atoms with Gasteiger partial charge in [0, 0.05) is 5.41 Å². The number of carbonyl (C=O) groups excluding carboxylic acids is 1. The summed E-state index contributed by atoms with van der Waals surface area (Å²) in [6.45, 7) is 8.94. The molecule has 0 aromatic heterocycles. The molecule has 0 N–H and O–H groups in total. The maximum atomic E-state index is 11.2. The first-order chi connectivity index (χ1) is 6.02. The molecule has 0 saturated heterocycles. The van der Waals surface area contributed by atoms with Gasteiger partial charge in [-0.1, -0.05) is 27.7 Å². The van der Waals surface area contributed by atoms with Crippen LogP contribution in [0.1, 0.15) is 47.0 Å². The highest BCUT2D eigenvalue weighted by Gasteiger charge is 2.42. The van der Waals surface area contributed by atoms with Gasteiger partial charge in [-0.05, 0) is 37.0 Å². The van der Waals surface area contributed by atoms with Gasteiger partial charge in [-0.3, -0.25) is 0 Å². The second-order valence-electron chi connectivity index (χ2n) is 5.23. The Balaban J connectivity index is 2.76. The van der Waals surface area contributed by atoms with Crippen molar-refractivity contribution in [2.75, 3.05) is 0 Å². The van der Waals surface area contributed by atoms with Crippen LogP contribution < -0.4 is 0 Å². The van der Waals surface area contributed by atoms with Crippen LogP contribution in [0.2, 0.25) is 0 Å². The van der Waals surface area contributed by atoms with Crippen molar-refractivity contribution in [3.8, 4) is 0 Å². The zero-order chi connectivity index (χ0) is 10.1. The molecule has 1 heteroatoms. The summed E-state index contributed by atoms with van der Waals surface area (Å²) in [7, 11) is 0. The molecule has 0 amide bonds. The van der Waals surface area contributed by atoms with E-state index in [0.29, 0.717) is 11.8 Å². The number of rotatable bonds is 3. The van der Waals surface area contributed by atoms with Crippen LogP contribution in [0.25, 0.3) is 0 Å². The lowest BCUT2D eigenvalue weighted by atomic mass is 9.70. The van der Waals surface area contributed by atoms with Gasteiger partial charge < -0.3 is 4.79 Å². The summed E-state index contributed by atoms with van der Waals surface area (Å²) in [4.78, 5) is 11.2. The molecule has 0 aromatic carbocycles. The molecule has 0 aliphatic heterocycles. The van der Waals surface area contributed by atoms with Gasteiger partial charge in [0.1, 0.15) is 6.29 Å². The van der Waals surface area contributed by atoms with E-state index in [2.05, 4.69) is 27.7 Å². The van der Waals surface area contributed by atoms with Gasteiger partial charge in [-0.15, -0.1) is 0 Å². The molecule has 0 bridgehead atoms. The van der Waals surface area contributed by atoms with E-state index < -0.39 is 0 Å². The lowest BCUT2D eigenvalue weighted by Crippen LogP contribution is -2.31. The van der Waals surface area contributed by atoms with Gasteiger partial charge in [0.25, 0.3) is 0 Å².